The lowest BCUT2D eigenvalue weighted by atomic mass is 9.85. The summed E-state index contributed by atoms with van der Waals surface area (Å²) in [5.74, 6) is 0. The van der Waals surface area contributed by atoms with Crippen molar-refractivity contribution in [2.45, 2.75) is 20.8 Å². The molecule has 3 aromatic heterocycles. The average molecular weight is 604 g/mol. The fourth-order valence-electron chi connectivity index (χ4n) is 7.27. The number of benzene rings is 5. The molecule has 3 heterocycles. The number of aryl methyl sites for hydroxylation is 2. The molecule has 0 atom stereocenters. The first kappa shape index (κ1) is 28.5. The van der Waals surface area contributed by atoms with Crippen molar-refractivity contribution < 1.29 is 0 Å². The molecule has 0 radical (unpaired) electrons. The van der Waals surface area contributed by atoms with Crippen molar-refractivity contribution in [1.82, 2.24) is 15.0 Å². The number of fused-ring (bicyclic) bond motifs is 7. The zero-order valence-corrected chi connectivity index (χ0v) is 26.8. The van der Waals surface area contributed by atoms with E-state index in [0.29, 0.717) is 0 Å². The van der Waals surface area contributed by atoms with Gasteiger partial charge in [0.1, 0.15) is 0 Å². The van der Waals surface area contributed by atoms with Crippen LogP contribution in [0.3, 0.4) is 0 Å². The van der Waals surface area contributed by atoms with E-state index >= 15 is 0 Å². The number of hydrogen-bond acceptors (Lipinski definition) is 3. The van der Waals surface area contributed by atoms with Gasteiger partial charge in [-0.05, 0) is 66.3 Å². The highest BCUT2D eigenvalue weighted by atomic mass is 14.7. The smallest absolute Gasteiger partial charge is 0.0791 e. The zero-order chi connectivity index (χ0) is 32.1. The summed E-state index contributed by atoms with van der Waals surface area (Å²) >= 11 is 0. The molecule has 0 aliphatic heterocycles. The average Bonchev–Trinajstić information content (AvgIpc) is 3.12. The van der Waals surface area contributed by atoms with E-state index in [2.05, 4.69) is 142 Å². The lowest BCUT2D eigenvalue weighted by molar-refractivity contribution is 1.35. The first-order valence-corrected chi connectivity index (χ1v) is 16.0. The highest BCUT2D eigenvalue weighted by Crippen LogP contribution is 2.45. The quantitative estimate of drug-likeness (QED) is 0.112. The van der Waals surface area contributed by atoms with Gasteiger partial charge in [0.05, 0.1) is 28.1 Å². The summed E-state index contributed by atoms with van der Waals surface area (Å²) in [6.07, 6.45) is 9.98. The van der Waals surface area contributed by atoms with Crippen molar-refractivity contribution in [3.63, 3.8) is 0 Å². The maximum absolute atomic E-state index is 5.47. The van der Waals surface area contributed by atoms with Gasteiger partial charge >= 0.3 is 0 Å². The van der Waals surface area contributed by atoms with Crippen molar-refractivity contribution in [2.75, 3.05) is 0 Å². The van der Waals surface area contributed by atoms with Crippen LogP contribution >= 0.6 is 0 Å². The molecule has 0 bridgehead atoms. The summed E-state index contributed by atoms with van der Waals surface area (Å²) in [6, 6.07) is 36.2. The minimum Gasteiger partial charge on any atom is -0.256 e. The summed E-state index contributed by atoms with van der Waals surface area (Å²) in [5.41, 5.74) is 10.4. The van der Waals surface area contributed by atoms with Crippen LogP contribution < -0.4 is 0 Å². The van der Waals surface area contributed by atoms with Gasteiger partial charge in [0, 0.05) is 49.8 Å². The molecule has 0 fully saturated rings. The number of hydrogen-bond donors (Lipinski definition) is 0. The molecule has 0 spiro atoms. The molecule has 5 aromatic carbocycles. The van der Waals surface area contributed by atoms with Gasteiger partial charge in [0.2, 0.25) is 0 Å². The fourth-order valence-corrected chi connectivity index (χ4v) is 7.27. The van der Waals surface area contributed by atoms with Crippen LogP contribution in [-0.4, -0.2) is 15.0 Å². The molecule has 8 rings (SSSR count). The lowest BCUT2D eigenvalue weighted by Crippen LogP contribution is -2.01. The SMILES string of the molecule is C=C/C=C(\C=C/C)c1nc2ccccc2c2c(C)c3c(-c4ccccc4)nc4cc(-c5nccc6ccccc56)ccc4c3c(C)c12. The molecular formula is C44H33N3. The largest absolute Gasteiger partial charge is 0.256 e. The Balaban J connectivity index is 1.57. The third kappa shape index (κ3) is 4.54. The monoisotopic (exact) mass is 603 g/mol. The van der Waals surface area contributed by atoms with Crippen LogP contribution in [0.4, 0.5) is 0 Å². The number of pyridine rings is 3. The number of aromatic nitrogens is 3. The molecule has 224 valence electrons. The molecule has 8 aromatic rings. The molecule has 0 amide bonds. The van der Waals surface area contributed by atoms with E-state index in [4.69, 9.17) is 15.0 Å². The fraction of sp³-hybridized carbons (Fsp3) is 0.0682. The second kappa shape index (κ2) is 11.5. The van der Waals surface area contributed by atoms with Gasteiger partial charge in [-0.3, -0.25) is 4.98 Å². The molecule has 3 nitrogen and oxygen atoms in total. The van der Waals surface area contributed by atoms with Crippen LogP contribution in [0.25, 0.3) is 82.2 Å². The zero-order valence-electron chi connectivity index (χ0n) is 26.8. The minimum absolute atomic E-state index is 0.941. The standard InChI is InChI=1S/C44H33N3/c1-5-14-30(15-6-2)43-40-28(4)39-35-23-22-32(42-33-19-11-10-16-29(33)24-25-45-42)26-37(35)47-44(31-17-8-7-9-18-31)41(39)27(3)38(40)34-20-12-13-21-36(34)46-43/h5-26H,1H2,2-4H3/b15-6-,30-14+. The van der Waals surface area contributed by atoms with Crippen LogP contribution in [0.1, 0.15) is 23.7 Å². The van der Waals surface area contributed by atoms with E-state index in [-0.39, 0.29) is 0 Å². The first-order chi connectivity index (χ1) is 23.1. The molecule has 47 heavy (non-hydrogen) atoms. The van der Waals surface area contributed by atoms with Gasteiger partial charge in [0.15, 0.2) is 0 Å². The molecule has 0 N–H and O–H groups in total. The minimum atomic E-state index is 0.941. The van der Waals surface area contributed by atoms with Crippen LogP contribution in [0.5, 0.6) is 0 Å². The van der Waals surface area contributed by atoms with E-state index in [1.54, 1.807) is 0 Å². The summed E-state index contributed by atoms with van der Waals surface area (Å²) in [4.78, 5) is 15.6. The van der Waals surface area contributed by atoms with Gasteiger partial charge in [-0.2, -0.15) is 0 Å². The van der Waals surface area contributed by atoms with Gasteiger partial charge in [-0.15, -0.1) is 0 Å². The van der Waals surface area contributed by atoms with E-state index in [1.165, 1.54) is 32.7 Å². The number of rotatable bonds is 5. The lowest BCUT2D eigenvalue weighted by Gasteiger charge is -2.21. The van der Waals surface area contributed by atoms with Crippen LogP contribution in [-0.2, 0) is 0 Å². The van der Waals surface area contributed by atoms with Crippen LogP contribution in [0.2, 0.25) is 0 Å². The van der Waals surface area contributed by atoms with Crippen molar-refractivity contribution in [1.29, 1.82) is 0 Å². The Morgan fingerprint density at radius 1 is 0.617 bits per heavy atom. The Bertz CT molecular complexity index is 2600. The summed E-state index contributed by atoms with van der Waals surface area (Å²) in [5, 5.41) is 9.30. The predicted molar refractivity (Wildman–Crippen MR) is 201 cm³/mol. The predicted octanol–water partition coefficient (Wildman–Crippen LogP) is 11.7. The molecule has 0 unspecified atom stereocenters. The maximum Gasteiger partial charge on any atom is 0.0791 e. The second-order valence-electron chi connectivity index (χ2n) is 12.0. The third-order valence-corrected chi connectivity index (χ3v) is 9.29. The van der Waals surface area contributed by atoms with Gasteiger partial charge in [-0.1, -0.05) is 116 Å². The van der Waals surface area contributed by atoms with Crippen molar-refractivity contribution >= 4 is 59.7 Å². The van der Waals surface area contributed by atoms with Crippen molar-refractivity contribution in [3.8, 4) is 22.5 Å². The highest BCUT2D eigenvalue weighted by molar-refractivity contribution is 6.25. The maximum atomic E-state index is 5.47. The Morgan fingerprint density at radius 2 is 1.32 bits per heavy atom. The second-order valence-corrected chi connectivity index (χ2v) is 12.0. The first-order valence-electron chi connectivity index (χ1n) is 16.0. The Kier molecular flexibility index (Phi) is 6.96. The summed E-state index contributed by atoms with van der Waals surface area (Å²) in [6.45, 7) is 10.6. The Hall–Kier alpha value is -5.93. The van der Waals surface area contributed by atoms with Crippen LogP contribution in [0.15, 0.2) is 140 Å². The highest BCUT2D eigenvalue weighted by Gasteiger charge is 2.23. The van der Waals surface area contributed by atoms with Crippen molar-refractivity contribution in [2.24, 2.45) is 0 Å². The third-order valence-electron chi connectivity index (χ3n) is 9.29. The van der Waals surface area contributed by atoms with E-state index in [1.807, 2.05) is 19.2 Å². The van der Waals surface area contributed by atoms with Crippen molar-refractivity contribution in [3.05, 3.63) is 157 Å². The van der Waals surface area contributed by atoms with Gasteiger partial charge in [0.25, 0.3) is 0 Å². The van der Waals surface area contributed by atoms with Gasteiger partial charge < -0.3 is 0 Å². The molecule has 0 saturated carbocycles. The number of nitrogens with zero attached hydrogens (tertiary/aromatic N) is 3. The summed E-state index contributed by atoms with van der Waals surface area (Å²) in [7, 11) is 0. The summed E-state index contributed by atoms with van der Waals surface area (Å²) < 4.78 is 0. The van der Waals surface area contributed by atoms with Gasteiger partial charge in [-0.25, -0.2) is 9.97 Å². The number of allylic oxidation sites excluding steroid dienone is 5. The van der Waals surface area contributed by atoms with E-state index < -0.39 is 0 Å². The van der Waals surface area contributed by atoms with Crippen LogP contribution in [0, 0.1) is 13.8 Å². The molecule has 3 heteroatoms. The molecular weight excluding hydrogens is 571 g/mol. The number of para-hydroxylation sites is 1. The molecule has 0 saturated heterocycles. The Morgan fingerprint density at radius 3 is 2.13 bits per heavy atom. The molecule has 0 aliphatic carbocycles. The van der Waals surface area contributed by atoms with E-state index in [0.717, 1.165) is 66.4 Å². The molecule has 0 aliphatic rings. The van der Waals surface area contributed by atoms with E-state index in [9.17, 15) is 0 Å². The topological polar surface area (TPSA) is 38.7 Å². The normalized spacial score (nSPS) is 12.3. The Labute approximate surface area is 274 Å².